The average Bonchev–Trinajstić information content (AvgIpc) is 3.09. The minimum atomic E-state index is -0.213. The molecule has 0 saturated heterocycles. The van der Waals surface area contributed by atoms with E-state index in [2.05, 4.69) is 11.6 Å². The first kappa shape index (κ1) is 13.6. The fourth-order valence-electron chi connectivity index (χ4n) is 1.59. The van der Waals surface area contributed by atoms with Crippen molar-refractivity contribution in [2.75, 3.05) is 26.5 Å². The highest BCUT2D eigenvalue weighted by Gasteiger charge is 2.41. The van der Waals surface area contributed by atoms with E-state index < -0.39 is 0 Å². The molecule has 0 aromatic carbocycles. The molecule has 0 bridgehead atoms. The smallest absolute Gasteiger partial charge is 0.333 e. The van der Waals surface area contributed by atoms with Gasteiger partial charge in [-0.1, -0.05) is 13.0 Å². The predicted molar refractivity (Wildman–Crippen MR) is 68.7 cm³/mol. The molecule has 16 heavy (non-hydrogen) atoms. The van der Waals surface area contributed by atoms with Gasteiger partial charge in [0.25, 0.3) is 0 Å². The molecule has 0 aliphatic heterocycles. The van der Waals surface area contributed by atoms with Gasteiger partial charge in [-0.15, -0.1) is 0 Å². The van der Waals surface area contributed by atoms with Crippen molar-refractivity contribution in [3.63, 3.8) is 0 Å². The van der Waals surface area contributed by atoms with Crippen molar-refractivity contribution >= 4 is 17.7 Å². The summed E-state index contributed by atoms with van der Waals surface area (Å²) in [6.45, 7) is 3.75. The first-order valence-corrected chi connectivity index (χ1v) is 6.93. The molecule has 1 fully saturated rings. The molecule has 0 unspecified atom stereocenters. The van der Waals surface area contributed by atoms with Crippen molar-refractivity contribution in [3.8, 4) is 0 Å². The number of methoxy groups -OCH3 is 1. The van der Waals surface area contributed by atoms with E-state index in [0.29, 0.717) is 4.75 Å². The zero-order chi connectivity index (χ0) is 12.0. The van der Waals surface area contributed by atoms with Gasteiger partial charge in [-0.3, -0.25) is 0 Å². The topological polar surface area (TPSA) is 38.3 Å². The maximum atomic E-state index is 11.3. The minimum absolute atomic E-state index is 0.213. The lowest BCUT2D eigenvalue weighted by Crippen LogP contribution is -2.26. The maximum Gasteiger partial charge on any atom is 0.333 e. The number of thioether (sulfide) groups is 1. The highest BCUT2D eigenvalue weighted by Crippen LogP contribution is 2.46. The zero-order valence-corrected chi connectivity index (χ0v) is 11.2. The molecule has 1 rings (SSSR count). The number of hydrogen-bond donors (Lipinski definition) is 1. The number of hydrogen-bond acceptors (Lipinski definition) is 4. The van der Waals surface area contributed by atoms with Gasteiger partial charge in [0, 0.05) is 23.4 Å². The highest BCUT2D eigenvalue weighted by molar-refractivity contribution is 8.00. The molecular weight excluding hydrogens is 222 g/mol. The third-order valence-electron chi connectivity index (χ3n) is 3.01. The molecule has 0 heterocycles. The molecule has 3 nitrogen and oxygen atoms in total. The summed E-state index contributed by atoms with van der Waals surface area (Å²) < 4.78 is 5.17. The molecule has 1 saturated carbocycles. The van der Waals surface area contributed by atoms with E-state index in [1.54, 1.807) is 0 Å². The Morgan fingerprint density at radius 2 is 2.25 bits per heavy atom. The zero-order valence-electron chi connectivity index (χ0n) is 10.3. The van der Waals surface area contributed by atoms with Crippen LogP contribution in [0.15, 0.2) is 11.6 Å². The Kier molecular flexibility index (Phi) is 5.35. The number of rotatable bonds is 7. The molecule has 1 aliphatic carbocycles. The lowest BCUT2D eigenvalue weighted by molar-refractivity contribution is -0.136. The van der Waals surface area contributed by atoms with Gasteiger partial charge in [0.2, 0.25) is 0 Å². The van der Waals surface area contributed by atoms with Gasteiger partial charge in [0.1, 0.15) is 0 Å². The number of carbonyl (C=O) groups excluding carboxylic acids is 1. The second-order valence-electron chi connectivity index (χ2n) is 4.09. The molecule has 92 valence electrons. The van der Waals surface area contributed by atoms with E-state index in [9.17, 15) is 4.79 Å². The van der Waals surface area contributed by atoms with Gasteiger partial charge in [-0.05, 0) is 25.5 Å². The van der Waals surface area contributed by atoms with Crippen molar-refractivity contribution in [1.29, 1.82) is 0 Å². The van der Waals surface area contributed by atoms with Crippen LogP contribution in [0.4, 0.5) is 0 Å². The number of carbonyl (C=O) groups is 1. The Labute approximate surface area is 102 Å². The van der Waals surface area contributed by atoms with Gasteiger partial charge in [0.15, 0.2) is 0 Å². The molecular formula is C12H21NO2S. The second-order valence-corrected chi connectivity index (χ2v) is 5.37. The fraction of sp³-hybridized carbons (Fsp3) is 0.750. The molecule has 0 aromatic heterocycles. The molecule has 1 N–H and O–H groups in total. The Morgan fingerprint density at radius 1 is 1.56 bits per heavy atom. The number of esters is 1. The van der Waals surface area contributed by atoms with Crippen LogP contribution < -0.4 is 5.32 Å². The Balaban J connectivity index is 2.26. The van der Waals surface area contributed by atoms with Crippen LogP contribution in [0, 0.1) is 0 Å². The normalized spacial score (nSPS) is 18.3. The standard InChI is InChI=1S/C12H21NO2S/c1-4-10(11(14)15-2)5-8-13-9-12(16-3)6-7-12/h5,13H,4,6-9H2,1-3H3. The molecule has 0 radical (unpaired) electrons. The van der Waals surface area contributed by atoms with Gasteiger partial charge in [0.05, 0.1) is 7.11 Å². The van der Waals surface area contributed by atoms with Crippen LogP contribution >= 0.6 is 11.8 Å². The minimum Gasteiger partial charge on any atom is -0.466 e. The predicted octanol–water partition coefficient (Wildman–Crippen LogP) is 1.98. The number of ether oxygens (including phenoxy) is 1. The molecule has 1 aliphatic rings. The Bertz CT molecular complexity index is 272. The van der Waals surface area contributed by atoms with Crippen LogP contribution in [0.5, 0.6) is 0 Å². The van der Waals surface area contributed by atoms with Crippen LogP contribution in [0.1, 0.15) is 26.2 Å². The van der Waals surface area contributed by atoms with E-state index in [0.717, 1.165) is 25.1 Å². The van der Waals surface area contributed by atoms with Gasteiger partial charge in [-0.25, -0.2) is 4.79 Å². The second kappa shape index (κ2) is 6.30. The van der Waals surface area contributed by atoms with E-state index in [1.807, 2.05) is 24.8 Å². The van der Waals surface area contributed by atoms with Gasteiger partial charge in [-0.2, -0.15) is 11.8 Å². The van der Waals surface area contributed by atoms with Gasteiger partial charge >= 0.3 is 5.97 Å². The van der Waals surface area contributed by atoms with Gasteiger partial charge < -0.3 is 10.1 Å². The van der Waals surface area contributed by atoms with Crippen molar-refractivity contribution in [1.82, 2.24) is 5.32 Å². The molecule has 4 heteroatoms. The molecule has 0 spiro atoms. The lowest BCUT2D eigenvalue weighted by atomic mass is 10.2. The van der Waals surface area contributed by atoms with Crippen LogP contribution in [-0.2, 0) is 9.53 Å². The summed E-state index contributed by atoms with van der Waals surface area (Å²) in [6, 6.07) is 0. The van der Waals surface area contributed by atoms with Crippen molar-refractivity contribution in [3.05, 3.63) is 11.6 Å². The summed E-state index contributed by atoms with van der Waals surface area (Å²) in [7, 11) is 1.42. The first-order valence-electron chi connectivity index (χ1n) is 5.70. The van der Waals surface area contributed by atoms with Crippen molar-refractivity contribution in [2.45, 2.75) is 30.9 Å². The highest BCUT2D eigenvalue weighted by atomic mass is 32.2. The summed E-state index contributed by atoms with van der Waals surface area (Å²) >= 11 is 1.94. The summed E-state index contributed by atoms with van der Waals surface area (Å²) in [5.41, 5.74) is 0.754. The largest absolute Gasteiger partial charge is 0.466 e. The average molecular weight is 243 g/mol. The summed E-state index contributed by atoms with van der Waals surface area (Å²) in [5.74, 6) is -0.213. The lowest BCUT2D eigenvalue weighted by Gasteiger charge is -2.11. The monoisotopic (exact) mass is 243 g/mol. The molecule has 0 amide bonds. The maximum absolute atomic E-state index is 11.3. The van der Waals surface area contributed by atoms with E-state index in [1.165, 1.54) is 20.0 Å². The van der Waals surface area contributed by atoms with Crippen LogP contribution in [0.3, 0.4) is 0 Å². The Morgan fingerprint density at radius 3 is 2.69 bits per heavy atom. The van der Waals surface area contributed by atoms with E-state index >= 15 is 0 Å². The fourth-order valence-corrected chi connectivity index (χ4v) is 2.35. The van der Waals surface area contributed by atoms with Crippen molar-refractivity contribution in [2.24, 2.45) is 0 Å². The van der Waals surface area contributed by atoms with Crippen LogP contribution in [0.25, 0.3) is 0 Å². The van der Waals surface area contributed by atoms with Crippen molar-refractivity contribution < 1.29 is 9.53 Å². The van der Waals surface area contributed by atoms with E-state index in [4.69, 9.17) is 4.74 Å². The van der Waals surface area contributed by atoms with Crippen LogP contribution in [-0.4, -0.2) is 37.2 Å². The summed E-state index contributed by atoms with van der Waals surface area (Å²) in [4.78, 5) is 11.3. The third-order valence-corrected chi connectivity index (χ3v) is 4.43. The quantitative estimate of drug-likeness (QED) is 0.421. The van der Waals surface area contributed by atoms with E-state index in [-0.39, 0.29) is 5.97 Å². The summed E-state index contributed by atoms with van der Waals surface area (Å²) in [5, 5.41) is 3.38. The Hall–Kier alpha value is -0.480. The first-order chi connectivity index (χ1) is 7.67. The third kappa shape index (κ3) is 3.83. The molecule has 0 atom stereocenters. The number of nitrogens with one attached hydrogen (secondary N) is 1. The summed E-state index contributed by atoms with van der Waals surface area (Å²) in [6.07, 6.45) is 7.44. The van der Waals surface area contributed by atoms with Crippen LogP contribution in [0.2, 0.25) is 0 Å². The SMILES string of the molecule is CCC(=CCNCC1(SC)CC1)C(=O)OC. The molecule has 0 aromatic rings.